The molecule has 14 heteroatoms. The molecule has 0 saturated carbocycles. The fraction of sp³-hybridized carbons (Fsp3) is 0.310. The number of nitrogens with zero attached hydrogens (tertiary/aromatic N) is 6. The van der Waals surface area contributed by atoms with Gasteiger partial charge in [0.1, 0.15) is 17.3 Å². The number of aromatic nitrogens is 5. The summed E-state index contributed by atoms with van der Waals surface area (Å²) in [6.45, 7) is 5.76. The number of carbonyl (C=O) groups is 2. The van der Waals surface area contributed by atoms with Crippen molar-refractivity contribution in [2.75, 3.05) is 30.7 Å². The van der Waals surface area contributed by atoms with Crippen molar-refractivity contribution in [3.63, 3.8) is 0 Å². The predicted molar refractivity (Wildman–Crippen MR) is 157 cm³/mol. The molecule has 10 nitrogen and oxygen atoms in total. The summed E-state index contributed by atoms with van der Waals surface area (Å²) in [5.74, 6) is -0.767. The highest BCUT2D eigenvalue weighted by Crippen LogP contribution is 2.31. The minimum atomic E-state index is -1.25. The molecule has 5 rings (SSSR count). The number of hydrogen-bond donors (Lipinski definition) is 2. The highest BCUT2D eigenvalue weighted by atomic mass is 35.5. The van der Waals surface area contributed by atoms with Crippen LogP contribution in [0.2, 0.25) is 5.02 Å². The van der Waals surface area contributed by atoms with Crippen LogP contribution in [-0.2, 0) is 4.79 Å². The van der Waals surface area contributed by atoms with Gasteiger partial charge in [-0.15, -0.1) is 0 Å². The molecule has 4 aromatic rings. The van der Waals surface area contributed by atoms with Crippen molar-refractivity contribution < 1.29 is 27.9 Å². The largest absolute Gasteiger partial charge is 0.386 e. The maximum atomic E-state index is 13.7. The first kappa shape index (κ1) is 33.1. The Hall–Kier alpha value is -4.36. The molecule has 1 aliphatic heterocycles. The summed E-state index contributed by atoms with van der Waals surface area (Å²) in [5.41, 5.74) is 3.87. The normalized spacial score (nSPS) is 13.0. The average Bonchev–Trinajstić information content (AvgIpc) is 3.66. The van der Waals surface area contributed by atoms with E-state index >= 15 is 0 Å². The first-order valence-electron chi connectivity index (χ1n) is 13.1. The van der Waals surface area contributed by atoms with Crippen molar-refractivity contribution in [3.05, 3.63) is 82.2 Å². The second-order valence-electron chi connectivity index (χ2n) is 9.36. The Bertz CT molecular complexity index is 1590. The molecule has 0 spiro atoms. The number of aliphatic hydroxyl groups excluding tert-OH is 1. The lowest BCUT2D eigenvalue weighted by atomic mass is 10.0. The van der Waals surface area contributed by atoms with Crippen molar-refractivity contribution in [2.24, 2.45) is 0 Å². The van der Waals surface area contributed by atoms with Crippen molar-refractivity contribution in [1.29, 1.82) is 0 Å². The lowest BCUT2D eigenvalue weighted by molar-refractivity contribution is -0.117. The minimum Gasteiger partial charge on any atom is -0.386 e. The zero-order valence-electron chi connectivity index (χ0n) is 24.0. The molecule has 228 valence electrons. The summed E-state index contributed by atoms with van der Waals surface area (Å²) in [5, 5.41) is 14.2. The fourth-order valence-corrected chi connectivity index (χ4v) is 4.57. The van der Waals surface area contributed by atoms with E-state index in [1.807, 2.05) is 42.1 Å². The molecule has 1 aliphatic rings. The molecule has 2 N–H and O–H groups in total. The summed E-state index contributed by atoms with van der Waals surface area (Å²) in [7, 11) is 1.88. The quantitative estimate of drug-likeness (QED) is 0.216. The van der Waals surface area contributed by atoms with Gasteiger partial charge in [-0.25, -0.2) is 23.1 Å². The minimum absolute atomic E-state index is 0.0127. The van der Waals surface area contributed by atoms with Gasteiger partial charge in [-0.1, -0.05) is 11.6 Å². The van der Waals surface area contributed by atoms with Gasteiger partial charge >= 0.3 is 0 Å². The summed E-state index contributed by atoms with van der Waals surface area (Å²) in [4.78, 5) is 36.3. The molecule has 1 amide bonds. The van der Waals surface area contributed by atoms with Gasteiger partial charge in [-0.3, -0.25) is 24.2 Å². The van der Waals surface area contributed by atoms with E-state index in [1.165, 1.54) is 11.8 Å². The number of halogens is 4. The van der Waals surface area contributed by atoms with Crippen LogP contribution in [0, 0.1) is 25.5 Å². The molecule has 1 fully saturated rings. The number of alkyl halides is 1. The van der Waals surface area contributed by atoms with Crippen LogP contribution in [0.1, 0.15) is 53.0 Å². The third-order valence-corrected chi connectivity index (χ3v) is 7.09. The van der Waals surface area contributed by atoms with Gasteiger partial charge in [0.15, 0.2) is 19.0 Å². The molecule has 3 aromatic heterocycles. The number of nitrogens with one attached hydrogen (secondary N) is 1. The van der Waals surface area contributed by atoms with E-state index in [0.29, 0.717) is 12.7 Å². The van der Waals surface area contributed by atoms with Crippen LogP contribution >= 0.6 is 11.6 Å². The number of aldehydes is 1. The van der Waals surface area contributed by atoms with Gasteiger partial charge in [-0.05, 0) is 56.0 Å². The molecular formula is C29H31ClF3N7O3. The predicted octanol–water partition coefficient (Wildman–Crippen LogP) is 5.47. The molecule has 1 atom stereocenters. The monoisotopic (exact) mass is 617 g/mol. The first-order chi connectivity index (χ1) is 20.6. The van der Waals surface area contributed by atoms with E-state index in [2.05, 4.69) is 39.2 Å². The third kappa shape index (κ3) is 7.73. The van der Waals surface area contributed by atoms with Crippen LogP contribution in [0.25, 0.3) is 11.3 Å². The molecule has 1 aromatic carbocycles. The van der Waals surface area contributed by atoms with Crippen molar-refractivity contribution in [3.8, 4) is 11.3 Å². The molecular weight excluding hydrogens is 587 g/mol. The van der Waals surface area contributed by atoms with Crippen LogP contribution in [0.5, 0.6) is 0 Å². The topological polar surface area (TPSA) is 126 Å². The molecule has 0 radical (unpaired) electrons. The molecule has 0 aliphatic carbocycles. The van der Waals surface area contributed by atoms with E-state index in [9.17, 15) is 22.8 Å². The Morgan fingerprint density at radius 2 is 1.88 bits per heavy atom. The Kier molecular flexibility index (Phi) is 11.7. The highest BCUT2D eigenvalue weighted by Gasteiger charge is 2.26. The summed E-state index contributed by atoms with van der Waals surface area (Å²) >= 11 is 5.55. The Morgan fingerprint density at radius 3 is 2.49 bits per heavy atom. The van der Waals surface area contributed by atoms with Gasteiger partial charge in [0.25, 0.3) is 0 Å². The van der Waals surface area contributed by atoms with Crippen LogP contribution in [0.4, 0.5) is 24.7 Å². The maximum Gasteiger partial charge on any atom is 0.228 e. The maximum absolute atomic E-state index is 13.7. The average molecular weight is 618 g/mol. The number of anilines is 2. The van der Waals surface area contributed by atoms with E-state index in [1.54, 1.807) is 0 Å². The lowest BCUT2D eigenvalue weighted by Gasteiger charge is -2.22. The van der Waals surface area contributed by atoms with E-state index in [4.69, 9.17) is 16.7 Å². The van der Waals surface area contributed by atoms with Crippen LogP contribution in [0.15, 0.2) is 43.1 Å². The number of carbonyl (C=O) groups excluding carboxylic acids is 2. The molecule has 1 unspecified atom stereocenters. The first-order valence-corrected chi connectivity index (χ1v) is 13.5. The molecule has 1 saturated heterocycles. The Morgan fingerprint density at radius 1 is 1.16 bits per heavy atom. The van der Waals surface area contributed by atoms with Gasteiger partial charge < -0.3 is 10.4 Å². The van der Waals surface area contributed by atoms with E-state index in [0.717, 1.165) is 53.9 Å². The fourth-order valence-electron chi connectivity index (χ4n) is 4.42. The van der Waals surface area contributed by atoms with Gasteiger partial charge in [0.05, 0.1) is 46.6 Å². The second-order valence-corrected chi connectivity index (χ2v) is 9.76. The molecule has 43 heavy (non-hydrogen) atoms. The number of aliphatic hydroxyl groups is 1. The smallest absolute Gasteiger partial charge is 0.228 e. The van der Waals surface area contributed by atoms with Gasteiger partial charge in [0, 0.05) is 32.4 Å². The second kappa shape index (κ2) is 15.2. The number of amides is 1. The van der Waals surface area contributed by atoms with Crippen molar-refractivity contribution in [1.82, 2.24) is 24.7 Å². The SMILES string of the molecule is CNc1cnn(C(C)c2cnc(N3CCCC3=O)c(C)c2C)c1.O=Cc1cncc(-c2c(F)ccc(Cl)c2F)n1.OCF. The van der Waals surface area contributed by atoms with Gasteiger partial charge in [-0.2, -0.15) is 5.10 Å². The number of pyridine rings is 1. The van der Waals surface area contributed by atoms with Gasteiger partial charge in [0.2, 0.25) is 5.91 Å². The highest BCUT2D eigenvalue weighted by molar-refractivity contribution is 6.31. The Balaban J connectivity index is 0.000000224. The molecule has 4 heterocycles. The third-order valence-electron chi connectivity index (χ3n) is 6.80. The van der Waals surface area contributed by atoms with E-state index in [-0.39, 0.29) is 28.4 Å². The van der Waals surface area contributed by atoms with E-state index < -0.39 is 24.1 Å². The zero-order chi connectivity index (χ0) is 31.7. The zero-order valence-corrected chi connectivity index (χ0v) is 24.7. The summed E-state index contributed by atoms with van der Waals surface area (Å²) < 4.78 is 38.9. The Labute approximate surface area is 251 Å². The van der Waals surface area contributed by atoms with Crippen LogP contribution < -0.4 is 10.2 Å². The van der Waals surface area contributed by atoms with Crippen LogP contribution in [-0.4, -0.2) is 62.5 Å². The lowest BCUT2D eigenvalue weighted by Crippen LogP contribution is -2.26. The molecule has 0 bridgehead atoms. The standard InChI is InChI=1S/C17H23N5O.C11H5ClF2N2O.CH3FO/c1-11-12(2)17(21-7-5-6-16(21)23)19-9-15(11)13(3)22-10-14(18-4)8-20-22;12-7-1-2-8(13)10(11(7)14)9-4-15-3-6(5-17)16-9;2-1-3/h8-10,13,18H,5-7H2,1-4H3;1-5H;3H,1H2. The summed E-state index contributed by atoms with van der Waals surface area (Å²) in [6, 6.07) is 2.22. The summed E-state index contributed by atoms with van der Waals surface area (Å²) in [6.07, 6.45) is 10.0. The number of hydrogen-bond acceptors (Lipinski definition) is 8. The van der Waals surface area contributed by atoms with Crippen molar-refractivity contribution in [2.45, 2.75) is 39.7 Å². The van der Waals surface area contributed by atoms with Crippen molar-refractivity contribution >= 4 is 35.3 Å². The van der Waals surface area contributed by atoms with Crippen LogP contribution in [0.3, 0.4) is 0 Å². The number of rotatable bonds is 6. The number of benzene rings is 1.